The fraction of sp³-hybridized carbons (Fsp3) is 0.231. The smallest absolute Gasteiger partial charge is 0.326 e. The highest BCUT2D eigenvalue weighted by Gasteiger charge is 2.26. The summed E-state index contributed by atoms with van der Waals surface area (Å²) < 4.78 is 10.6. The second kappa shape index (κ2) is 10.5. The summed E-state index contributed by atoms with van der Waals surface area (Å²) in [4.78, 5) is 28.5. The van der Waals surface area contributed by atoms with Gasteiger partial charge in [-0.15, -0.1) is 11.8 Å². The summed E-state index contributed by atoms with van der Waals surface area (Å²) in [7, 11) is 3.18. The molecule has 0 saturated heterocycles. The van der Waals surface area contributed by atoms with Gasteiger partial charge in [0.05, 0.1) is 19.9 Å². The van der Waals surface area contributed by atoms with E-state index in [9.17, 15) is 9.59 Å². The van der Waals surface area contributed by atoms with Crippen LogP contribution >= 0.6 is 11.8 Å². The maximum absolute atomic E-state index is 13.0. The molecule has 0 radical (unpaired) electrons. The Kier molecular flexibility index (Phi) is 7.27. The molecule has 8 heteroatoms. The topological polar surface area (TPSA) is 79.9 Å². The highest BCUT2D eigenvalue weighted by Crippen LogP contribution is 2.38. The minimum absolute atomic E-state index is 0.193. The molecule has 1 aliphatic rings. The van der Waals surface area contributed by atoms with Crippen LogP contribution in [0, 0.1) is 0 Å². The van der Waals surface area contributed by atoms with Gasteiger partial charge in [0, 0.05) is 40.0 Å². The van der Waals surface area contributed by atoms with Crippen molar-refractivity contribution < 1.29 is 19.1 Å². The van der Waals surface area contributed by atoms with Gasteiger partial charge in [-0.3, -0.25) is 9.69 Å². The van der Waals surface area contributed by atoms with Crippen LogP contribution in [0.4, 0.5) is 16.2 Å². The van der Waals surface area contributed by atoms with Crippen molar-refractivity contribution in [2.45, 2.75) is 23.6 Å². The number of carbonyl (C=O) groups is 2. The molecule has 0 bridgehead atoms. The number of nitrogens with zero attached hydrogens (tertiary/aromatic N) is 1. The van der Waals surface area contributed by atoms with Crippen LogP contribution in [-0.4, -0.2) is 38.0 Å². The van der Waals surface area contributed by atoms with E-state index in [0.717, 1.165) is 16.1 Å². The van der Waals surface area contributed by atoms with Crippen LogP contribution in [0.1, 0.15) is 22.8 Å². The number of amides is 3. The summed E-state index contributed by atoms with van der Waals surface area (Å²) in [6.07, 6.45) is 0. The van der Waals surface area contributed by atoms with Crippen LogP contribution < -0.4 is 25.0 Å². The fourth-order valence-electron chi connectivity index (χ4n) is 3.78. The van der Waals surface area contributed by atoms with Crippen molar-refractivity contribution in [1.82, 2.24) is 5.32 Å². The van der Waals surface area contributed by atoms with Crippen molar-refractivity contribution in [2.75, 3.05) is 31.0 Å². The van der Waals surface area contributed by atoms with Crippen LogP contribution in [0.3, 0.4) is 0 Å². The molecule has 3 amide bonds. The Morgan fingerprint density at radius 2 is 1.79 bits per heavy atom. The molecule has 3 aromatic carbocycles. The summed E-state index contributed by atoms with van der Waals surface area (Å²) in [6.45, 7) is 3.03. The molecule has 0 aromatic heterocycles. The van der Waals surface area contributed by atoms with Gasteiger partial charge < -0.3 is 20.1 Å². The molecule has 1 heterocycles. The van der Waals surface area contributed by atoms with E-state index in [1.807, 2.05) is 30.3 Å². The van der Waals surface area contributed by atoms with Gasteiger partial charge in [-0.2, -0.15) is 0 Å². The minimum atomic E-state index is -0.224. The number of thioether (sulfide) groups is 1. The van der Waals surface area contributed by atoms with E-state index in [-0.39, 0.29) is 11.9 Å². The molecule has 1 atom stereocenters. The maximum Gasteiger partial charge on any atom is 0.326 e. The number of ether oxygens (including phenoxy) is 2. The third-order valence-corrected chi connectivity index (χ3v) is 6.64. The molecule has 4 rings (SSSR count). The van der Waals surface area contributed by atoms with E-state index in [0.29, 0.717) is 41.1 Å². The molecule has 0 aliphatic carbocycles. The zero-order valence-corrected chi connectivity index (χ0v) is 20.1. The Morgan fingerprint density at radius 1 is 1.03 bits per heavy atom. The first-order valence-corrected chi connectivity index (χ1v) is 11.8. The third kappa shape index (κ3) is 5.28. The first-order chi connectivity index (χ1) is 16.5. The molecule has 0 saturated carbocycles. The number of fused-ring (bicyclic) bond motifs is 1. The highest BCUT2D eigenvalue weighted by atomic mass is 32.2. The number of rotatable bonds is 6. The quantitative estimate of drug-likeness (QED) is 0.512. The Bertz CT molecular complexity index is 1180. The zero-order chi connectivity index (χ0) is 24.1. The fourth-order valence-corrected chi connectivity index (χ4v) is 4.89. The van der Waals surface area contributed by atoms with E-state index in [2.05, 4.69) is 17.6 Å². The summed E-state index contributed by atoms with van der Waals surface area (Å²) in [6, 6.07) is 20.0. The normalized spacial score (nSPS) is 14.7. The molecule has 7 nitrogen and oxygen atoms in total. The van der Waals surface area contributed by atoms with Crippen LogP contribution in [0.5, 0.6) is 11.5 Å². The molecule has 2 N–H and O–H groups in total. The van der Waals surface area contributed by atoms with Crippen LogP contribution in [0.25, 0.3) is 0 Å². The van der Waals surface area contributed by atoms with E-state index in [4.69, 9.17) is 9.47 Å². The standard InChI is InChI=1S/C26H27N3O4S/c1-17-16-29(22-6-4-5-7-24(22)34-17)26(31)28-20-10-8-18(9-11-20)25(30)27-15-19-14-21(32-2)12-13-23(19)33-3/h4-14,17H,15-16H2,1-3H3,(H,27,30)(H,28,31)/t17-/m0/s1. The summed E-state index contributed by atoms with van der Waals surface area (Å²) in [5, 5.41) is 6.14. The lowest BCUT2D eigenvalue weighted by atomic mass is 10.1. The molecule has 3 aromatic rings. The second-order valence-corrected chi connectivity index (χ2v) is 9.36. The monoisotopic (exact) mass is 477 g/mol. The molecule has 34 heavy (non-hydrogen) atoms. The van der Waals surface area contributed by atoms with Gasteiger partial charge in [-0.1, -0.05) is 19.1 Å². The third-order valence-electron chi connectivity index (χ3n) is 5.49. The number of para-hydroxylation sites is 1. The first kappa shape index (κ1) is 23.5. The molecular formula is C26H27N3O4S. The number of hydrogen-bond donors (Lipinski definition) is 2. The zero-order valence-electron chi connectivity index (χ0n) is 19.3. The van der Waals surface area contributed by atoms with Crippen LogP contribution in [0.15, 0.2) is 71.6 Å². The van der Waals surface area contributed by atoms with E-state index in [1.54, 1.807) is 67.3 Å². The molecule has 176 valence electrons. The molecule has 0 unspecified atom stereocenters. The lowest BCUT2D eigenvalue weighted by Crippen LogP contribution is -2.41. The van der Waals surface area contributed by atoms with Crippen molar-refractivity contribution in [3.05, 3.63) is 77.9 Å². The summed E-state index contributed by atoms with van der Waals surface area (Å²) in [5.74, 6) is 1.14. The lowest BCUT2D eigenvalue weighted by Gasteiger charge is -2.32. The van der Waals surface area contributed by atoms with Gasteiger partial charge in [0.2, 0.25) is 0 Å². The van der Waals surface area contributed by atoms with Gasteiger partial charge >= 0.3 is 6.03 Å². The van der Waals surface area contributed by atoms with Gasteiger partial charge in [0.1, 0.15) is 11.5 Å². The average molecular weight is 478 g/mol. The second-order valence-electron chi connectivity index (χ2n) is 7.87. The van der Waals surface area contributed by atoms with Crippen molar-refractivity contribution in [2.24, 2.45) is 0 Å². The van der Waals surface area contributed by atoms with E-state index in [1.165, 1.54) is 0 Å². The van der Waals surface area contributed by atoms with Crippen molar-refractivity contribution in [1.29, 1.82) is 0 Å². The predicted molar refractivity (Wildman–Crippen MR) is 135 cm³/mol. The number of methoxy groups -OCH3 is 2. The molecule has 1 aliphatic heterocycles. The number of benzene rings is 3. The highest BCUT2D eigenvalue weighted by molar-refractivity contribution is 8.00. The number of carbonyl (C=O) groups excluding carboxylic acids is 2. The molecule has 0 fully saturated rings. The minimum Gasteiger partial charge on any atom is -0.497 e. The lowest BCUT2D eigenvalue weighted by molar-refractivity contribution is 0.0950. The Balaban J connectivity index is 1.39. The largest absolute Gasteiger partial charge is 0.497 e. The number of nitrogens with one attached hydrogen (secondary N) is 2. The van der Waals surface area contributed by atoms with E-state index < -0.39 is 0 Å². The molecular weight excluding hydrogens is 450 g/mol. The number of hydrogen-bond acceptors (Lipinski definition) is 5. The number of anilines is 2. The maximum atomic E-state index is 13.0. The Morgan fingerprint density at radius 3 is 2.53 bits per heavy atom. The predicted octanol–water partition coefficient (Wildman–Crippen LogP) is 5.17. The SMILES string of the molecule is COc1ccc(OC)c(CNC(=O)c2ccc(NC(=O)N3C[C@H](C)Sc4ccccc43)cc2)c1. The van der Waals surface area contributed by atoms with Crippen molar-refractivity contribution in [3.8, 4) is 11.5 Å². The first-order valence-electron chi connectivity index (χ1n) is 10.9. The molecule has 0 spiro atoms. The van der Waals surface area contributed by atoms with Crippen molar-refractivity contribution in [3.63, 3.8) is 0 Å². The van der Waals surface area contributed by atoms with Crippen LogP contribution in [0.2, 0.25) is 0 Å². The number of urea groups is 1. The van der Waals surface area contributed by atoms with Gasteiger partial charge in [-0.25, -0.2) is 4.79 Å². The van der Waals surface area contributed by atoms with Crippen LogP contribution in [-0.2, 0) is 6.54 Å². The van der Waals surface area contributed by atoms with Gasteiger partial charge in [0.15, 0.2) is 0 Å². The van der Waals surface area contributed by atoms with Crippen molar-refractivity contribution >= 4 is 35.1 Å². The summed E-state index contributed by atoms with van der Waals surface area (Å²) >= 11 is 1.77. The average Bonchev–Trinajstić information content (AvgIpc) is 2.86. The van der Waals surface area contributed by atoms with Gasteiger partial charge in [0.25, 0.3) is 5.91 Å². The van der Waals surface area contributed by atoms with Gasteiger partial charge in [-0.05, 0) is 54.6 Å². The summed E-state index contributed by atoms with van der Waals surface area (Å²) in [5.41, 5.74) is 2.84. The Hall–Kier alpha value is -3.65. The van der Waals surface area contributed by atoms with E-state index >= 15 is 0 Å². The Labute approximate surface area is 203 Å².